The molecule has 148 valence electrons. The third-order valence-electron chi connectivity index (χ3n) is 4.31. The van der Waals surface area contributed by atoms with Crippen LogP contribution in [0, 0.1) is 6.92 Å². The Morgan fingerprint density at radius 1 is 1.14 bits per heavy atom. The molecule has 4 aromatic rings. The van der Waals surface area contributed by atoms with Crippen molar-refractivity contribution in [3.63, 3.8) is 0 Å². The molecule has 6 nitrogen and oxygen atoms in total. The van der Waals surface area contributed by atoms with Crippen LogP contribution in [0.3, 0.4) is 0 Å². The number of nitrogens with zero attached hydrogens (tertiary/aromatic N) is 2. The van der Waals surface area contributed by atoms with Gasteiger partial charge in [-0.2, -0.15) is 0 Å². The lowest BCUT2D eigenvalue weighted by molar-refractivity contribution is 0.0563. The molecule has 0 aliphatic heterocycles. The molecule has 8 heteroatoms. The molecule has 0 fully saturated rings. The Bertz CT molecular complexity index is 1170. The summed E-state index contributed by atoms with van der Waals surface area (Å²) in [5.41, 5.74) is 2.17. The summed E-state index contributed by atoms with van der Waals surface area (Å²) >= 11 is 3.16. The summed E-state index contributed by atoms with van der Waals surface area (Å²) in [6.45, 7) is 1.89. The number of fused-ring (bicyclic) bond motifs is 1. The van der Waals surface area contributed by atoms with E-state index in [1.54, 1.807) is 42.3 Å². The van der Waals surface area contributed by atoms with Crippen molar-refractivity contribution in [2.45, 2.75) is 17.7 Å². The molecule has 0 N–H and O–H groups in total. The number of rotatable bonds is 6. The van der Waals surface area contributed by atoms with Gasteiger partial charge in [-0.15, -0.1) is 11.3 Å². The summed E-state index contributed by atoms with van der Waals surface area (Å²) in [6.07, 6.45) is 0. The first-order chi connectivity index (χ1) is 14.1. The Balaban J connectivity index is 1.67. The number of methoxy groups -OCH3 is 2. The van der Waals surface area contributed by atoms with Crippen LogP contribution in [0.4, 0.5) is 0 Å². The SMILES string of the molecule is COC(=O)c1ccc(CSc2nc(C)nc3scc(-c4ccc(OC)cc4)c23)o1. The number of hydrogen-bond donors (Lipinski definition) is 0. The van der Waals surface area contributed by atoms with Crippen LogP contribution in [0.25, 0.3) is 21.3 Å². The smallest absolute Gasteiger partial charge is 0.373 e. The number of esters is 1. The zero-order valence-corrected chi connectivity index (χ0v) is 17.7. The number of thioether (sulfide) groups is 1. The van der Waals surface area contributed by atoms with Gasteiger partial charge in [0.2, 0.25) is 5.76 Å². The maximum absolute atomic E-state index is 11.6. The summed E-state index contributed by atoms with van der Waals surface area (Å²) in [6, 6.07) is 11.3. The van der Waals surface area contributed by atoms with Gasteiger partial charge in [0.05, 0.1) is 25.4 Å². The fourth-order valence-electron chi connectivity index (χ4n) is 2.90. The number of benzene rings is 1. The largest absolute Gasteiger partial charge is 0.497 e. The summed E-state index contributed by atoms with van der Waals surface area (Å²) in [4.78, 5) is 21.8. The molecule has 0 aliphatic rings. The number of hydrogen-bond acceptors (Lipinski definition) is 8. The van der Waals surface area contributed by atoms with Crippen LogP contribution in [0.15, 0.2) is 51.2 Å². The Kier molecular flexibility index (Phi) is 5.55. The van der Waals surface area contributed by atoms with Gasteiger partial charge in [0.25, 0.3) is 0 Å². The molecular weight excluding hydrogens is 408 g/mol. The number of carbonyl (C=O) groups excluding carboxylic acids is 1. The molecule has 0 unspecified atom stereocenters. The normalized spacial score (nSPS) is 11.0. The monoisotopic (exact) mass is 426 g/mol. The van der Waals surface area contributed by atoms with Gasteiger partial charge in [0, 0.05) is 10.9 Å². The van der Waals surface area contributed by atoms with Gasteiger partial charge in [-0.1, -0.05) is 23.9 Å². The van der Waals surface area contributed by atoms with Crippen LogP contribution in [0.2, 0.25) is 0 Å². The van der Waals surface area contributed by atoms with Crippen molar-refractivity contribution in [3.05, 3.63) is 59.1 Å². The number of ether oxygens (including phenoxy) is 2. The van der Waals surface area contributed by atoms with E-state index in [0.29, 0.717) is 11.5 Å². The van der Waals surface area contributed by atoms with Crippen LogP contribution >= 0.6 is 23.1 Å². The molecule has 1 aromatic carbocycles. The molecule has 0 amide bonds. The highest BCUT2D eigenvalue weighted by molar-refractivity contribution is 7.98. The molecule has 4 rings (SSSR count). The number of aromatic nitrogens is 2. The van der Waals surface area contributed by atoms with Crippen molar-refractivity contribution in [2.75, 3.05) is 14.2 Å². The zero-order valence-electron chi connectivity index (χ0n) is 16.1. The molecule has 0 aliphatic carbocycles. The van der Waals surface area contributed by atoms with E-state index in [1.165, 1.54) is 7.11 Å². The first-order valence-corrected chi connectivity index (χ1v) is 10.7. The second-order valence-corrected chi connectivity index (χ2v) is 8.00. The quantitative estimate of drug-likeness (QED) is 0.234. The van der Waals surface area contributed by atoms with Gasteiger partial charge < -0.3 is 13.9 Å². The lowest BCUT2D eigenvalue weighted by Crippen LogP contribution is -1.98. The topological polar surface area (TPSA) is 74.5 Å². The minimum Gasteiger partial charge on any atom is -0.497 e. The first-order valence-electron chi connectivity index (χ1n) is 8.79. The fraction of sp³-hybridized carbons (Fsp3) is 0.190. The highest BCUT2D eigenvalue weighted by atomic mass is 32.2. The molecule has 0 radical (unpaired) electrons. The van der Waals surface area contributed by atoms with Crippen LogP contribution in [0.5, 0.6) is 5.75 Å². The summed E-state index contributed by atoms with van der Waals surface area (Å²) in [5.74, 6) is 2.47. The number of carbonyl (C=O) groups is 1. The van der Waals surface area contributed by atoms with E-state index in [2.05, 4.69) is 20.1 Å². The minimum absolute atomic E-state index is 0.196. The third kappa shape index (κ3) is 3.99. The fourth-order valence-corrected chi connectivity index (χ4v) is 4.94. The zero-order chi connectivity index (χ0) is 20.4. The molecule has 0 saturated carbocycles. The van der Waals surface area contributed by atoms with Gasteiger partial charge in [-0.25, -0.2) is 14.8 Å². The summed E-state index contributed by atoms with van der Waals surface area (Å²) < 4.78 is 15.5. The predicted molar refractivity (Wildman–Crippen MR) is 114 cm³/mol. The third-order valence-corrected chi connectivity index (χ3v) is 6.18. The predicted octanol–water partition coefficient (Wildman–Crippen LogP) is 5.35. The van der Waals surface area contributed by atoms with Crippen LogP contribution < -0.4 is 4.74 Å². The number of aryl methyl sites for hydroxylation is 1. The van der Waals surface area contributed by atoms with Gasteiger partial charge in [0.15, 0.2) is 0 Å². The maximum Gasteiger partial charge on any atom is 0.373 e. The van der Waals surface area contributed by atoms with Crippen LogP contribution in [0.1, 0.15) is 22.1 Å². The molecular formula is C21H18N2O4S2. The van der Waals surface area contributed by atoms with Crippen molar-refractivity contribution < 1.29 is 18.7 Å². The second-order valence-electron chi connectivity index (χ2n) is 6.18. The second kappa shape index (κ2) is 8.26. The number of furan rings is 1. The van der Waals surface area contributed by atoms with Gasteiger partial charge in [0.1, 0.15) is 27.2 Å². The Labute approximate surface area is 175 Å². The molecule has 0 spiro atoms. The highest BCUT2D eigenvalue weighted by Crippen LogP contribution is 2.39. The first kappa shape index (κ1) is 19.5. The summed E-state index contributed by atoms with van der Waals surface area (Å²) in [5, 5.41) is 4.01. The molecule has 3 heterocycles. The minimum atomic E-state index is -0.485. The van der Waals surface area contributed by atoms with Crippen molar-refractivity contribution in [3.8, 4) is 16.9 Å². The van der Waals surface area contributed by atoms with Crippen LogP contribution in [-0.4, -0.2) is 30.2 Å². The average Bonchev–Trinajstić information content (AvgIpc) is 3.38. The van der Waals surface area contributed by atoms with Crippen LogP contribution in [-0.2, 0) is 10.5 Å². The average molecular weight is 427 g/mol. The molecule has 0 bridgehead atoms. The molecule has 29 heavy (non-hydrogen) atoms. The van der Waals surface area contributed by atoms with Crippen molar-refractivity contribution in [1.29, 1.82) is 0 Å². The van der Waals surface area contributed by atoms with Crippen molar-refractivity contribution in [2.24, 2.45) is 0 Å². The van der Waals surface area contributed by atoms with Gasteiger partial charge in [-0.3, -0.25) is 0 Å². The summed E-state index contributed by atoms with van der Waals surface area (Å²) in [7, 11) is 2.98. The van der Waals surface area contributed by atoms with E-state index in [4.69, 9.17) is 9.15 Å². The highest BCUT2D eigenvalue weighted by Gasteiger charge is 2.17. The van der Waals surface area contributed by atoms with Gasteiger partial charge in [-0.05, 0) is 36.8 Å². The Morgan fingerprint density at radius 2 is 1.93 bits per heavy atom. The Morgan fingerprint density at radius 3 is 2.66 bits per heavy atom. The molecule has 0 saturated heterocycles. The van der Waals surface area contributed by atoms with E-state index >= 15 is 0 Å². The van der Waals surface area contributed by atoms with E-state index < -0.39 is 5.97 Å². The molecule has 3 aromatic heterocycles. The maximum atomic E-state index is 11.6. The van der Waals surface area contributed by atoms with Crippen molar-refractivity contribution >= 4 is 39.3 Å². The lowest BCUT2D eigenvalue weighted by Gasteiger charge is -2.07. The van der Waals surface area contributed by atoms with E-state index in [-0.39, 0.29) is 5.76 Å². The lowest BCUT2D eigenvalue weighted by atomic mass is 10.1. The van der Waals surface area contributed by atoms with E-state index in [0.717, 1.165) is 37.9 Å². The Hall–Kier alpha value is -2.84. The molecule has 0 atom stereocenters. The van der Waals surface area contributed by atoms with Gasteiger partial charge >= 0.3 is 5.97 Å². The standard InChI is InChI=1S/C21H18N2O4S2/c1-12-22-19(28-10-15-8-9-17(27-15)21(24)26-3)18-16(11-29-20(18)23-12)13-4-6-14(25-2)7-5-13/h4-9,11H,10H2,1-3H3. The van der Waals surface area contributed by atoms with E-state index in [9.17, 15) is 4.79 Å². The van der Waals surface area contributed by atoms with E-state index in [1.807, 2.05) is 31.2 Å². The number of thiophene rings is 1. The van der Waals surface area contributed by atoms with Crippen molar-refractivity contribution in [1.82, 2.24) is 9.97 Å².